The van der Waals surface area contributed by atoms with E-state index < -0.39 is 12.1 Å². The molecule has 4 heteroatoms. The van der Waals surface area contributed by atoms with Gasteiger partial charge in [-0.3, -0.25) is 4.79 Å². The molecule has 2 atom stereocenters. The highest BCUT2D eigenvalue weighted by Crippen LogP contribution is 2.15. The lowest BCUT2D eigenvalue weighted by atomic mass is 10.0. The lowest BCUT2D eigenvalue weighted by Crippen LogP contribution is -2.45. The standard InChI is InChI=1S/C44H79NO3/c1-3-5-7-8-9-10-11-12-13-14-15-16-17-18-19-20-21-22-23-24-25-26-27-28-29-30-31-32-33-34-35-36-38-40-44(48)45-42(41-46)43(47)39-37-6-4-2/h5,7,9-10,12-13,15-16,18-19,42-43,46-47H,3-4,6,8,11,14,17,20-41H2,1-2H3,(H,45,48)/b7-5-,10-9-,13-12-,16-15-,19-18-. The highest BCUT2D eigenvalue weighted by molar-refractivity contribution is 5.76. The molecule has 0 aliphatic heterocycles. The number of carbonyl (C=O) groups is 1. The van der Waals surface area contributed by atoms with E-state index in [0.717, 1.165) is 64.2 Å². The number of hydrogen-bond donors (Lipinski definition) is 3. The molecule has 0 rings (SSSR count). The van der Waals surface area contributed by atoms with Gasteiger partial charge in [-0.1, -0.05) is 190 Å². The van der Waals surface area contributed by atoms with Crippen molar-refractivity contribution in [3.05, 3.63) is 60.8 Å². The molecule has 0 aliphatic carbocycles. The van der Waals surface area contributed by atoms with Gasteiger partial charge in [0.15, 0.2) is 0 Å². The van der Waals surface area contributed by atoms with E-state index in [1.807, 2.05) is 0 Å². The van der Waals surface area contributed by atoms with Gasteiger partial charge in [0, 0.05) is 6.42 Å². The highest BCUT2D eigenvalue weighted by atomic mass is 16.3. The molecule has 4 nitrogen and oxygen atoms in total. The summed E-state index contributed by atoms with van der Waals surface area (Å²) < 4.78 is 0. The second-order valence-electron chi connectivity index (χ2n) is 13.7. The number of allylic oxidation sites excluding steroid dienone is 10. The summed E-state index contributed by atoms with van der Waals surface area (Å²) >= 11 is 0. The van der Waals surface area contributed by atoms with Crippen molar-refractivity contribution in [1.82, 2.24) is 5.32 Å². The summed E-state index contributed by atoms with van der Waals surface area (Å²) in [5.41, 5.74) is 0. The average Bonchev–Trinajstić information content (AvgIpc) is 3.09. The van der Waals surface area contributed by atoms with Gasteiger partial charge in [0.2, 0.25) is 5.91 Å². The van der Waals surface area contributed by atoms with Crippen molar-refractivity contribution in [3.63, 3.8) is 0 Å². The van der Waals surface area contributed by atoms with Gasteiger partial charge in [0.25, 0.3) is 0 Å². The van der Waals surface area contributed by atoms with Crippen molar-refractivity contribution in [1.29, 1.82) is 0 Å². The van der Waals surface area contributed by atoms with Gasteiger partial charge >= 0.3 is 0 Å². The molecule has 0 heterocycles. The Kier molecular flexibility index (Phi) is 38.0. The van der Waals surface area contributed by atoms with Gasteiger partial charge < -0.3 is 15.5 Å². The molecule has 0 fully saturated rings. The van der Waals surface area contributed by atoms with Crippen LogP contribution in [0.5, 0.6) is 0 Å². The third kappa shape index (κ3) is 35.4. The third-order valence-electron chi connectivity index (χ3n) is 9.04. The lowest BCUT2D eigenvalue weighted by Gasteiger charge is -2.22. The Labute approximate surface area is 298 Å². The third-order valence-corrected chi connectivity index (χ3v) is 9.04. The van der Waals surface area contributed by atoms with Crippen LogP contribution in [0.25, 0.3) is 0 Å². The quantitative estimate of drug-likeness (QED) is 0.0459. The molecule has 0 aromatic heterocycles. The molecular weight excluding hydrogens is 590 g/mol. The van der Waals surface area contributed by atoms with E-state index in [9.17, 15) is 15.0 Å². The van der Waals surface area contributed by atoms with Crippen LogP contribution in [0.3, 0.4) is 0 Å². The zero-order valence-electron chi connectivity index (χ0n) is 31.7. The molecule has 0 radical (unpaired) electrons. The first-order chi connectivity index (χ1) is 23.7. The molecule has 2 unspecified atom stereocenters. The van der Waals surface area contributed by atoms with E-state index in [4.69, 9.17) is 0 Å². The van der Waals surface area contributed by atoms with Gasteiger partial charge in [-0.15, -0.1) is 0 Å². The molecule has 0 saturated carbocycles. The summed E-state index contributed by atoms with van der Waals surface area (Å²) in [5.74, 6) is -0.0448. The zero-order valence-corrected chi connectivity index (χ0v) is 31.7. The molecule has 3 N–H and O–H groups in total. The van der Waals surface area contributed by atoms with Gasteiger partial charge in [-0.25, -0.2) is 0 Å². The first-order valence-corrected chi connectivity index (χ1v) is 20.5. The van der Waals surface area contributed by atoms with Gasteiger partial charge in [0.05, 0.1) is 18.8 Å². The number of carbonyl (C=O) groups excluding carboxylic acids is 1. The first kappa shape index (κ1) is 46.1. The van der Waals surface area contributed by atoms with E-state index in [1.54, 1.807) is 0 Å². The predicted octanol–water partition coefficient (Wildman–Crippen LogP) is 12.6. The van der Waals surface area contributed by atoms with Crippen molar-refractivity contribution >= 4 is 5.91 Å². The first-order valence-electron chi connectivity index (χ1n) is 20.5. The molecule has 0 spiro atoms. The monoisotopic (exact) mass is 670 g/mol. The van der Waals surface area contributed by atoms with Crippen molar-refractivity contribution in [3.8, 4) is 0 Å². The maximum atomic E-state index is 12.2. The minimum atomic E-state index is -0.655. The second kappa shape index (κ2) is 39.5. The van der Waals surface area contributed by atoms with Crippen molar-refractivity contribution in [2.24, 2.45) is 0 Å². The highest BCUT2D eigenvalue weighted by Gasteiger charge is 2.19. The van der Waals surface area contributed by atoms with Crippen LogP contribution in [0, 0.1) is 0 Å². The lowest BCUT2D eigenvalue weighted by molar-refractivity contribution is -0.123. The molecule has 48 heavy (non-hydrogen) atoms. The van der Waals surface area contributed by atoms with Crippen molar-refractivity contribution < 1.29 is 15.0 Å². The Balaban J connectivity index is 3.38. The second-order valence-corrected chi connectivity index (χ2v) is 13.7. The summed E-state index contributed by atoms with van der Waals surface area (Å²) in [6.45, 7) is 4.09. The molecule has 0 aliphatic rings. The normalized spacial score (nSPS) is 13.7. The fraction of sp³-hybridized carbons (Fsp3) is 0.750. The fourth-order valence-electron chi connectivity index (χ4n) is 5.92. The van der Waals surface area contributed by atoms with Crippen molar-refractivity contribution in [2.75, 3.05) is 6.61 Å². The Morgan fingerprint density at radius 1 is 0.521 bits per heavy atom. The van der Waals surface area contributed by atoms with E-state index in [1.165, 1.54) is 103 Å². The SMILES string of the molecule is CC/C=C\C/C=C\C/C=C\C/C=C\C/C=C\CCCCCCCCCCCCCCCCCCCC(=O)NC(CO)C(O)CCCCC. The van der Waals surface area contributed by atoms with Gasteiger partial charge in [-0.2, -0.15) is 0 Å². The van der Waals surface area contributed by atoms with E-state index >= 15 is 0 Å². The largest absolute Gasteiger partial charge is 0.394 e. The van der Waals surface area contributed by atoms with Gasteiger partial charge in [-0.05, 0) is 57.8 Å². The fourth-order valence-corrected chi connectivity index (χ4v) is 5.92. The van der Waals surface area contributed by atoms with E-state index in [0.29, 0.717) is 12.8 Å². The Morgan fingerprint density at radius 3 is 1.33 bits per heavy atom. The summed E-state index contributed by atoms with van der Waals surface area (Å²) in [4.78, 5) is 12.2. The molecular formula is C44H79NO3. The topological polar surface area (TPSA) is 69.6 Å². The molecule has 0 saturated heterocycles. The van der Waals surface area contributed by atoms with Gasteiger partial charge in [0.1, 0.15) is 0 Å². The maximum Gasteiger partial charge on any atom is 0.220 e. The zero-order chi connectivity index (χ0) is 35.0. The Bertz CT molecular complexity index is 812. The Morgan fingerprint density at radius 2 is 0.917 bits per heavy atom. The number of aliphatic hydroxyl groups is 2. The minimum Gasteiger partial charge on any atom is -0.394 e. The van der Waals surface area contributed by atoms with Crippen LogP contribution in [-0.4, -0.2) is 34.9 Å². The molecule has 0 bridgehead atoms. The summed E-state index contributed by atoms with van der Waals surface area (Å²) in [7, 11) is 0. The number of aliphatic hydroxyl groups excluding tert-OH is 2. The van der Waals surface area contributed by atoms with Crippen LogP contribution in [0.2, 0.25) is 0 Å². The number of unbranched alkanes of at least 4 members (excludes halogenated alkanes) is 19. The number of nitrogens with one attached hydrogen (secondary N) is 1. The summed E-state index contributed by atoms with van der Waals surface area (Å²) in [5, 5.41) is 22.5. The van der Waals surface area contributed by atoms with Crippen LogP contribution >= 0.6 is 0 Å². The number of amides is 1. The maximum absolute atomic E-state index is 12.2. The number of rotatable bonds is 36. The van der Waals surface area contributed by atoms with E-state index in [2.05, 4.69) is 79.9 Å². The predicted molar refractivity (Wildman–Crippen MR) is 211 cm³/mol. The summed E-state index contributed by atoms with van der Waals surface area (Å²) in [6.07, 6.45) is 55.1. The van der Waals surface area contributed by atoms with Crippen molar-refractivity contribution in [2.45, 2.75) is 206 Å². The molecule has 0 aromatic carbocycles. The number of hydrogen-bond acceptors (Lipinski definition) is 3. The molecule has 278 valence electrons. The molecule has 0 aromatic rings. The summed E-state index contributed by atoms with van der Waals surface area (Å²) in [6, 6.07) is -0.532. The average molecular weight is 670 g/mol. The van der Waals surface area contributed by atoms with Crippen LogP contribution < -0.4 is 5.32 Å². The Hall–Kier alpha value is -1.91. The smallest absolute Gasteiger partial charge is 0.220 e. The van der Waals surface area contributed by atoms with Crippen LogP contribution in [0.4, 0.5) is 0 Å². The molecule has 1 amide bonds. The van der Waals surface area contributed by atoms with Crippen LogP contribution in [-0.2, 0) is 4.79 Å². The van der Waals surface area contributed by atoms with Crippen LogP contribution in [0.1, 0.15) is 194 Å². The van der Waals surface area contributed by atoms with E-state index in [-0.39, 0.29) is 12.5 Å². The van der Waals surface area contributed by atoms with Crippen LogP contribution in [0.15, 0.2) is 60.8 Å². The minimum absolute atomic E-state index is 0.0448.